The predicted molar refractivity (Wildman–Crippen MR) is 114 cm³/mol. The van der Waals surface area contributed by atoms with Gasteiger partial charge in [-0.25, -0.2) is 5.43 Å². The Labute approximate surface area is 166 Å². The second-order valence-electron chi connectivity index (χ2n) is 7.53. The number of aromatic nitrogens is 3. The molecule has 0 spiro atoms. The van der Waals surface area contributed by atoms with Gasteiger partial charge in [0.2, 0.25) is 17.8 Å². The molecule has 0 atom stereocenters. The molecule has 2 fully saturated rings. The lowest BCUT2D eigenvalue weighted by molar-refractivity contribution is 0.556. The zero-order valence-corrected chi connectivity index (χ0v) is 16.6. The summed E-state index contributed by atoms with van der Waals surface area (Å²) in [7, 11) is 0. The average Bonchev–Trinajstić information content (AvgIpc) is 2.79. The summed E-state index contributed by atoms with van der Waals surface area (Å²) in [6.45, 7) is 6.02. The van der Waals surface area contributed by atoms with Crippen LogP contribution in [0.1, 0.15) is 51.0 Å². The second-order valence-corrected chi connectivity index (χ2v) is 7.53. The lowest BCUT2D eigenvalue weighted by Gasteiger charge is -2.30. The van der Waals surface area contributed by atoms with E-state index in [-0.39, 0.29) is 0 Å². The Morgan fingerprint density at radius 2 is 1.32 bits per heavy atom. The van der Waals surface area contributed by atoms with Gasteiger partial charge in [-0.1, -0.05) is 30.3 Å². The summed E-state index contributed by atoms with van der Waals surface area (Å²) in [4.78, 5) is 18.7. The van der Waals surface area contributed by atoms with Gasteiger partial charge >= 0.3 is 0 Å². The molecule has 2 aliphatic rings. The zero-order chi connectivity index (χ0) is 19.2. The summed E-state index contributed by atoms with van der Waals surface area (Å²) in [6, 6.07) is 10.1. The summed E-state index contributed by atoms with van der Waals surface area (Å²) in [5.41, 5.74) is 5.06. The van der Waals surface area contributed by atoms with Crippen LogP contribution in [0.3, 0.4) is 0 Å². The van der Waals surface area contributed by atoms with Crippen LogP contribution in [0.25, 0.3) is 0 Å². The number of nitrogens with zero attached hydrogens (tertiary/aromatic N) is 6. The molecule has 1 aromatic heterocycles. The highest BCUT2D eigenvalue weighted by atomic mass is 15.4. The van der Waals surface area contributed by atoms with E-state index in [4.69, 9.17) is 4.98 Å². The maximum atomic E-state index is 4.81. The van der Waals surface area contributed by atoms with E-state index in [1.807, 2.05) is 37.3 Å². The SMILES string of the molecule is C/C(=N\Nc1nc(N2CCCCC2)nc(N2CCCCC2)n1)c1ccccc1. The largest absolute Gasteiger partial charge is 0.341 e. The molecule has 1 aromatic carbocycles. The number of benzene rings is 1. The van der Waals surface area contributed by atoms with Crippen LogP contribution >= 0.6 is 0 Å². The van der Waals surface area contributed by atoms with Crippen LogP contribution in [-0.2, 0) is 0 Å². The van der Waals surface area contributed by atoms with Crippen molar-refractivity contribution >= 4 is 23.6 Å². The van der Waals surface area contributed by atoms with E-state index in [2.05, 4.69) is 30.3 Å². The Balaban J connectivity index is 1.59. The molecule has 7 nitrogen and oxygen atoms in total. The third-order valence-corrected chi connectivity index (χ3v) is 5.40. The van der Waals surface area contributed by atoms with Crippen molar-refractivity contribution in [3.63, 3.8) is 0 Å². The summed E-state index contributed by atoms with van der Waals surface area (Å²) in [5, 5.41) is 4.51. The van der Waals surface area contributed by atoms with Crippen molar-refractivity contribution in [2.75, 3.05) is 41.4 Å². The molecule has 7 heteroatoms. The minimum Gasteiger partial charge on any atom is -0.341 e. The highest BCUT2D eigenvalue weighted by Crippen LogP contribution is 2.22. The molecular formula is C21H29N7. The van der Waals surface area contributed by atoms with Crippen LogP contribution in [0.2, 0.25) is 0 Å². The summed E-state index contributed by atoms with van der Waals surface area (Å²) >= 11 is 0. The van der Waals surface area contributed by atoms with Crippen LogP contribution in [0.4, 0.5) is 17.8 Å². The first-order chi connectivity index (χ1) is 13.8. The molecule has 0 amide bonds. The molecule has 0 unspecified atom stereocenters. The Kier molecular flexibility index (Phi) is 5.99. The molecule has 148 valence electrons. The van der Waals surface area contributed by atoms with E-state index in [0.717, 1.165) is 49.4 Å². The number of nitrogens with one attached hydrogen (secondary N) is 1. The van der Waals surface area contributed by atoms with Gasteiger partial charge < -0.3 is 9.80 Å². The third kappa shape index (κ3) is 4.58. The Bertz CT molecular complexity index is 757. The van der Waals surface area contributed by atoms with Crippen molar-refractivity contribution in [2.24, 2.45) is 5.10 Å². The van der Waals surface area contributed by atoms with E-state index in [1.54, 1.807) is 0 Å². The van der Waals surface area contributed by atoms with E-state index >= 15 is 0 Å². The fourth-order valence-electron chi connectivity index (χ4n) is 3.75. The van der Waals surface area contributed by atoms with Gasteiger partial charge in [-0.05, 0) is 51.0 Å². The van der Waals surface area contributed by atoms with Crippen molar-refractivity contribution < 1.29 is 0 Å². The van der Waals surface area contributed by atoms with E-state index in [0.29, 0.717) is 5.95 Å². The third-order valence-electron chi connectivity index (χ3n) is 5.40. The predicted octanol–water partition coefficient (Wildman–Crippen LogP) is 3.69. The number of hydrogen-bond donors (Lipinski definition) is 1. The fourth-order valence-corrected chi connectivity index (χ4v) is 3.75. The first kappa shape index (κ1) is 18.7. The van der Waals surface area contributed by atoms with Crippen LogP contribution in [0.5, 0.6) is 0 Å². The average molecular weight is 380 g/mol. The van der Waals surface area contributed by atoms with Gasteiger partial charge in [0.1, 0.15) is 0 Å². The maximum absolute atomic E-state index is 4.81. The van der Waals surface area contributed by atoms with Crippen molar-refractivity contribution in [2.45, 2.75) is 45.4 Å². The molecule has 28 heavy (non-hydrogen) atoms. The van der Waals surface area contributed by atoms with Gasteiger partial charge in [0.05, 0.1) is 5.71 Å². The molecule has 0 saturated carbocycles. The number of anilines is 3. The Morgan fingerprint density at radius 3 is 1.86 bits per heavy atom. The van der Waals surface area contributed by atoms with E-state index < -0.39 is 0 Å². The summed E-state index contributed by atoms with van der Waals surface area (Å²) < 4.78 is 0. The first-order valence-corrected chi connectivity index (χ1v) is 10.4. The lowest BCUT2D eigenvalue weighted by atomic mass is 10.1. The number of hydrazone groups is 1. The van der Waals surface area contributed by atoms with E-state index in [9.17, 15) is 0 Å². The van der Waals surface area contributed by atoms with Crippen molar-refractivity contribution in [1.82, 2.24) is 15.0 Å². The van der Waals surface area contributed by atoms with Gasteiger partial charge in [-0.15, -0.1) is 0 Å². The molecule has 0 aliphatic carbocycles. The van der Waals surface area contributed by atoms with Gasteiger partial charge in [-0.2, -0.15) is 20.1 Å². The normalized spacial score (nSPS) is 18.2. The molecule has 0 radical (unpaired) electrons. The Morgan fingerprint density at radius 1 is 0.786 bits per heavy atom. The zero-order valence-electron chi connectivity index (χ0n) is 16.6. The van der Waals surface area contributed by atoms with Crippen LogP contribution in [0.15, 0.2) is 35.4 Å². The van der Waals surface area contributed by atoms with Crippen LogP contribution < -0.4 is 15.2 Å². The lowest BCUT2D eigenvalue weighted by Crippen LogP contribution is -2.34. The topological polar surface area (TPSA) is 69.5 Å². The van der Waals surface area contributed by atoms with Crippen molar-refractivity contribution in [3.8, 4) is 0 Å². The van der Waals surface area contributed by atoms with E-state index in [1.165, 1.54) is 38.5 Å². The second kappa shape index (κ2) is 8.99. The Hall–Kier alpha value is -2.70. The molecule has 2 saturated heterocycles. The monoisotopic (exact) mass is 379 g/mol. The molecule has 0 bridgehead atoms. The van der Waals surface area contributed by atoms with Gasteiger partial charge in [0.25, 0.3) is 0 Å². The fraction of sp³-hybridized carbons (Fsp3) is 0.524. The quantitative estimate of drug-likeness (QED) is 0.631. The minimum absolute atomic E-state index is 0.520. The molecule has 2 aromatic rings. The highest BCUT2D eigenvalue weighted by molar-refractivity contribution is 5.98. The number of piperidine rings is 2. The molecular weight excluding hydrogens is 350 g/mol. The maximum Gasteiger partial charge on any atom is 0.250 e. The standard InChI is InChI=1S/C21H29N7/c1-17(18-11-5-2-6-12-18)25-26-19-22-20(27-13-7-3-8-14-27)24-21(23-19)28-15-9-4-10-16-28/h2,5-6,11-12H,3-4,7-10,13-16H2,1H3,(H,22,23,24,26)/b25-17+. The van der Waals surface area contributed by atoms with Gasteiger partial charge in [0, 0.05) is 26.2 Å². The number of rotatable bonds is 5. The smallest absolute Gasteiger partial charge is 0.250 e. The first-order valence-electron chi connectivity index (χ1n) is 10.4. The van der Waals surface area contributed by atoms with Crippen LogP contribution in [0, 0.1) is 0 Å². The number of hydrogen-bond acceptors (Lipinski definition) is 7. The summed E-state index contributed by atoms with van der Waals surface area (Å²) in [6.07, 6.45) is 7.34. The van der Waals surface area contributed by atoms with Crippen molar-refractivity contribution in [3.05, 3.63) is 35.9 Å². The molecule has 3 heterocycles. The highest BCUT2D eigenvalue weighted by Gasteiger charge is 2.20. The molecule has 4 rings (SSSR count). The van der Waals surface area contributed by atoms with Gasteiger partial charge in [0.15, 0.2) is 0 Å². The van der Waals surface area contributed by atoms with Crippen molar-refractivity contribution in [1.29, 1.82) is 0 Å². The molecule has 2 aliphatic heterocycles. The van der Waals surface area contributed by atoms with Gasteiger partial charge in [-0.3, -0.25) is 0 Å². The summed E-state index contributed by atoms with van der Waals surface area (Å²) in [5.74, 6) is 2.06. The minimum atomic E-state index is 0.520. The van der Waals surface area contributed by atoms with Crippen LogP contribution in [-0.4, -0.2) is 46.8 Å². The molecule has 1 N–H and O–H groups in total.